The third-order valence-electron chi connectivity index (χ3n) is 6.95. The van der Waals surface area contributed by atoms with Gasteiger partial charge < -0.3 is 14.2 Å². The summed E-state index contributed by atoms with van der Waals surface area (Å²) in [5, 5.41) is 0. The summed E-state index contributed by atoms with van der Waals surface area (Å²) in [6.45, 7) is 6.77. The first-order valence-corrected chi connectivity index (χ1v) is 12.9. The van der Waals surface area contributed by atoms with E-state index in [2.05, 4.69) is 38.1 Å². The molecule has 3 nitrogen and oxygen atoms in total. The second-order valence-corrected chi connectivity index (χ2v) is 9.59. The minimum atomic E-state index is -0.232. The minimum Gasteiger partial charge on any atom is -0.490 e. The molecule has 1 heterocycles. The normalized spacial score (nSPS) is 26.9. The predicted octanol–water partition coefficient (Wildman–Crippen LogP) is 7.86. The molecule has 3 rings (SSSR count). The first kappa shape index (κ1) is 24.3. The molecule has 0 bridgehead atoms. The highest BCUT2D eigenvalue weighted by molar-refractivity contribution is 5.28. The Morgan fingerprint density at radius 3 is 2.19 bits per heavy atom. The largest absolute Gasteiger partial charge is 0.490 e. The third-order valence-corrected chi connectivity index (χ3v) is 6.95. The van der Waals surface area contributed by atoms with Crippen molar-refractivity contribution >= 4 is 0 Å². The second-order valence-electron chi connectivity index (χ2n) is 9.59. The molecule has 0 amide bonds. The number of benzene rings is 1. The van der Waals surface area contributed by atoms with Crippen LogP contribution < -0.4 is 4.74 Å². The SMILES string of the molecule is CCCCCC1CCC(/C=C/COc2ccc(C3OCC(CCCC)CO3)cc2)CC1. The van der Waals surface area contributed by atoms with Gasteiger partial charge in [-0.05, 0) is 56.1 Å². The van der Waals surface area contributed by atoms with E-state index >= 15 is 0 Å². The zero-order valence-corrected chi connectivity index (χ0v) is 19.9. The Hall–Kier alpha value is -1.32. The van der Waals surface area contributed by atoms with E-state index in [4.69, 9.17) is 14.2 Å². The molecule has 0 atom stereocenters. The highest BCUT2D eigenvalue weighted by atomic mass is 16.7. The van der Waals surface area contributed by atoms with E-state index in [1.165, 1.54) is 70.6 Å². The lowest BCUT2D eigenvalue weighted by Crippen LogP contribution is -2.27. The highest BCUT2D eigenvalue weighted by Gasteiger charge is 2.23. The van der Waals surface area contributed by atoms with Gasteiger partial charge >= 0.3 is 0 Å². The highest BCUT2D eigenvalue weighted by Crippen LogP contribution is 2.33. The van der Waals surface area contributed by atoms with E-state index in [1.54, 1.807) is 0 Å². The third kappa shape index (κ3) is 8.61. The van der Waals surface area contributed by atoms with Crippen LogP contribution in [0, 0.1) is 17.8 Å². The quantitative estimate of drug-likeness (QED) is 0.250. The molecule has 0 N–H and O–H groups in total. The average Bonchev–Trinajstić information content (AvgIpc) is 2.82. The molecule has 3 heteroatoms. The standard InChI is InChI=1S/C28H44O3/c1-3-5-7-10-23-12-14-24(15-13-23)11-8-20-29-27-18-16-26(17-19-27)28-30-21-25(22-31-28)9-6-4-2/h8,11,16-19,23-25,28H,3-7,9-10,12-15,20-22H2,1-2H3/b11-8+. The number of unbranched alkanes of at least 4 members (excludes halogenated alkanes) is 3. The van der Waals surface area contributed by atoms with Crippen LogP contribution in [0.15, 0.2) is 36.4 Å². The summed E-state index contributed by atoms with van der Waals surface area (Å²) >= 11 is 0. The minimum absolute atomic E-state index is 0.232. The second kappa shape index (κ2) is 14.0. The van der Waals surface area contributed by atoms with Crippen LogP contribution >= 0.6 is 0 Å². The van der Waals surface area contributed by atoms with Crippen LogP contribution in [0.1, 0.15) is 96.3 Å². The molecular weight excluding hydrogens is 384 g/mol. The maximum absolute atomic E-state index is 5.94. The van der Waals surface area contributed by atoms with Gasteiger partial charge in [0, 0.05) is 11.5 Å². The summed E-state index contributed by atoms with van der Waals surface area (Å²) in [7, 11) is 0. The Bertz CT molecular complexity index is 608. The molecular formula is C28H44O3. The molecule has 1 aliphatic heterocycles. The number of hydrogen-bond acceptors (Lipinski definition) is 3. The predicted molar refractivity (Wildman–Crippen MR) is 128 cm³/mol. The van der Waals surface area contributed by atoms with Crippen LogP contribution in [0.3, 0.4) is 0 Å². The van der Waals surface area contributed by atoms with Gasteiger partial charge in [0.25, 0.3) is 0 Å². The summed E-state index contributed by atoms with van der Waals surface area (Å²) in [5.74, 6) is 3.17. The van der Waals surface area contributed by atoms with E-state index in [0.717, 1.165) is 36.4 Å². The fraction of sp³-hybridized carbons (Fsp3) is 0.714. The van der Waals surface area contributed by atoms with E-state index < -0.39 is 0 Å². The van der Waals surface area contributed by atoms with E-state index in [9.17, 15) is 0 Å². The Morgan fingerprint density at radius 2 is 1.52 bits per heavy atom. The molecule has 1 aliphatic carbocycles. The van der Waals surface area contributed by atoms with Gasteiger partial charge in [-0.3, -0.25) is 0 Å². The molecule has 0 spiro atoms. The lowest BCUT2D eigenvalue weighted by atomic mass is 9.79. The maximum Gasteiger partial charge on any atom is 0.183 e. The Kier molecular flexibility index (Phi) is 11.0. The first-order valence-electron chi connectivity index (χ1n) is 12.9. The Balaban J connectivity index is 1.31. The van der Waals surface area contributed by atoms with Crippen LogP contribution in [0.5, 0.6) is 5.75 Å². The van der Waals surface area contributed by atoms with Crippen molar-refractivity contribution in [3.63, 3.8) is 0 Å². The summed E-state index contributed by atoms with van der Waals surface area (Å²) in [5.41, 5.74) is 1.08. The van der Waals surface area contributed by atoms with Gasteiger partial charge in [0.2, 0.25) is 0 Å². The Labute approximate surface area is 190 Å². The summed E-state index contributed by atoms with van der Waals surface area (Å²) in [6, 6.07) is 8.19. The van der Waals surface area contributed by atoms with Crippen molar-refractivity contribution in [2.45, 2.75) is 90.8 Å². The van der Waals surface area contributed by atoms with Crippen LogP contribution in [0.25, 0.3) is 0 Å². The van der Waals surface area contributed by atoms with Crippen molar-refractivity contribution in [3.05, 3.63) is 42.0 Å². The van der Waals surface area contributed by atoms with Gasteiger partial charge in [0.05, 0.1) is 13.2 Å². The number of rotatable bonds is 12. The summed E-state index contributed by atoms with van der Waals surface area (Å²) < 4.78 is 17.8. The number of allylic oxidation sites excluding steroid dienone is 1. The number of ether oxygens (including phenoxy) is 3. The Morgan fingerprint density at radius 1 is 0.839 bits per heavy atom. The zero-order chi connectivity index (χ0) is 21.7. The van der Waals surface area contributed by atoms with Crippen molar-refractivity contribution in [2.24, 2.45) is 17.8 Å². The van der Waals surface area contributed by atoms with Gasteiger partial charge in [-0.15, -0.1) is 0 Å². The molecule has 2 fully saturated rings. The fourth-order valence-electron chi connectivity index (χ4n) is 4.86. The molecule has 31 heavy (non-hydrogen) atoms. The molecule has 1 saturated carbocycles. The van der Waals surface area contributed by atoms with Crippen molar-refractivity contribution < 1.29 is 14.2 Å². The van der Waals surface area contributed by atoms with Crippen molar-refractivity contribution in [1.29, 1.82) is 0 Å². The molecule has 2 aliphatic rings. The summed E-state index contributed by atoms with van der Waals surface area (Å²) in [6.07, 6.45) is 19.2. The van der Waals surface area contributed by atoms with E-state index in [-0.39, 0.29) is 6.29 Å². The zero-order valence-electron chi connectivity index (χ0n) is 19.9. The van der Waals surface area contributed by atoms with Gasteiger partial charge in [-0.25, -0.2) is 0 Å². The van der Waals surface area contributed by atoms with Gasteiger partial charge in [0.15, 0.2) is 6.29 Å². The van der Waals surface area contributed by atoms with Crippen molar-refractivity contribution in [1.82, 2.24) is 0 Å². The van der Waals surface area contributed by atoms with Crippen LogP contribution in [0.4, 0.5) is 0 Å². The van der Waals surface area contributed by atoms with Gasteiger partial charge in [0.1, 0.15) is 12.4 Å². The number of hydrogen-bond donors (Lipinski definition) is 0. The molecule has 0 radical (unpaired) electrons. The van der Waals surface area contributed by atoms with Crippen molar-refractivity contribution in [2.75, 3.05) is 19.8 Å². The lowest BCUT2D eigenvalue weighted by Gasteiger charge is -2.29. The van der Waals surface area contributed by atoms with E-state index in [0.29, 0.717) is 12.5 Å². The first-order chi connectivity index (χ1) is 15.3. The smallest absolute Gasteiger partial charge is 0.183 e. The lowest BCUT2D eigenvalue weighted by molar-refractivity contribution is -0.206. The van der Waals surface area contributed by atoms with Crippen LogP contribution in [-0.4, -0.2) is 19.8 Å². The molecule has 174 valence electrons. The summed E-state index contributed by atoms with van der Waals surface area (Å²) in [4.78, 5) is 0. The molecule has 1 aromatic carbocycles. The van der Waals surface area contributed by atoms with Gasteiger partial charge in [-0.1, -0.05) is 76.7 Å². The van der Waals surface area contributed by atoms with Crippen LogP contribution in [-0.2, 0) is 9.47 Å². The van der Waals surface area contributed by atoms with E-state index in [1.807, 2.05) is 12.1 Å². The monoisotopic (exact) mass is 428 g/mol. The van der Waals surface area contributed by atoms with Gasteiger partial charge in [-0.2, -0.15) is 0 Å². The molecule has 0 aromatic heterocycles. The van der Waals surface area contributed by atoms with Crippen molar-refractivity contribution in [3.8, 4) is 5.75 Å². The average molecular weight is 429 g/mol. The molecule has 0 unspecified atom stereocenters. The molecule has 1 aromatic rings. The molecule has 1 saturated heterocycles. The fourth-order valence-corrected chi connectivity index (χ4v) is 4.86. The maximum atomic E-state index is 5.94. The topological polar surface area (TPSA) is 27.7 Å². The van der Waals surface area contributed by atoms with Crippen LogP contribution in [0.2, 0.25) is 0 Å².